The standard InChI is InChI=1S/C13H13BrN2O3/c14-12-10-6-16(7-11(10)19-15-12)13(17)18-8-9-4-2-1-3-5-9/h1-5,11,15H,6-8H2. The number of rotatable bonds is 2. The first-order chi connectivity index (χ1) is 9.24. The Morgan fingerprint density at radius 2 is 2.26 bits per heavy atom. The van der Waals surface area contributed by atoms with Crippen LogP contribution in [-0.2, 0) is 16.2 Å². The number of halogens is 1. The van der Waals surface area contributed by atoms with Crippen molar-refractivity contribution in [3.05, 3.63) is 46.1 Å². The van der Waals surface area contributed by atoms with Gasteiger partial charge in [0.25, 0.3) is 0 Å². The fourth-order valence-electron chi connectivity index (χ4n) is 2.14. The third kappa shape index (κ3) is 2.59. The predicted octanol–water partition coefficient (Wildman–Crippen LogP) is 2.15. The highest BCUT2D eigenvalue weighted by atomic mass is 79.9. The van der Waals surface area contributed by atoms with E-state index in [9.17, 15) is 4.79 Å². The van der Waals surface area contributed by atoms with E-state index in [1.165, 1.54) is 0 Å². The van der Waals surface area contributed by atoms with Gasteiger partial charge < -0.3 is 9.64 Å². The molecule has 0 spiro atoms. The second-order valence-electron chi connectivity index (χ2n) is 4.47. The molecule has 0 saturated carbocycles. The Labute approximate surface area is 119 Å². The van der Waals surface area contributed by atoms with Gasteiger partial charge in [-0.2, -0.15) is 0 Å². The van der Waals surface area contributed by atoms with E-state index in [0.717, 1.165) is 15.7 Å². The number of nitrogens with zero attached hydrogens (tertiary/aromatic N) is 1. The lowest BCUT2D eigenvalue weighted by Gasteiger charge is -2.16. The van der Waals surface area contributed by atoms with Crippen molar-refractivity contribution in [2.75, 3.05) is 13.1 Å². The van der Waals surface area contributed by atoms with Gasteiger partial charge in [-0.1, -0.05) is 30.3 Å². The zero-order chi connectivity index (χ0) is 13.2. The van der Waals surface area contributed by atoms with Crippen LogP contribution in [0.5, 0.6) is 0 Å². The minimum Gasteiger partial charge on any atom is -0.445 e. The number of carbonyl (C=O) groups is 1. The molecule has 100 valence electrons. The summed E-state index contributed by atoms with van der Waals surface area (Å²) in [4.78, 5) is 18.9. The fraction of sp³-hybridized carbons (Fsp3) is 0.308. The highest BCUT2D eigenvalue weighted by Crippen LogP contribution is 2.29. The van der Waals surface area contributed by atoms with Crippen LogP contribution in [-0.4, -0.2) is 30.2 Å². The van der Waals surface area contributed by atoms with Crippen LogP contribution in [0.2, 0.25) is 0 Å². The summed E-state index contributed by atoms with van der Waals surface area (Å²) in [6, 6.07) is 9.63. The topological polar surface area (TPSA) is 50.8 Å². The Morgan fingerprint density at radius 3 is 3.00 bits per heavy atom. The van der Waals surface area contributed by atoms with Gasteiger partial charge >= 0.3 is 6.09 Å². The van der Waals surface area contributed by atoms with Crippen LogP contribution < -0.4 is 5.48 Å². The second kappa shape index (κ2) is 5.22. The van der Waals surface area contributed by atoms with Crippen LogP contribution in [0.3, 0.4) is 0 Å². The molecule has 19 heavy (non-hydrogen) atoms. The average Bonchev–Trinajstić information content (AvgIpc) is 3.00. The zero-order valence-electron chi connectivity index (χ0n) is 10.1. The molecule has 0 aliphatic carbocycles. The smallest absolute Gasteiger partial charge is 0.410 e. The van der Waals surface area contributed by atoms with Crippen molar-refractivity contribution < 1.29 is 14.4 Å². The molecule has 1 aromatic carbocycles. The normalized spacial score (nSPS) is 21.3. The number of amides is 1. The molecule has 0 bridgehead atoms. The summed E-state index contributed by atoms with van der Waals surface area (Å²) in [5.74, 6) is 0. The molecule has 1 unspecified atom stereocenters. The molecule has 2 aliphatic heterocycles. The lowest BCUT2D eigenvalue weighted by molar-refractivity contribution is 0.0350. The van der Waals surface area contributed by atoms with Crippen molar-refractivity contribution in [2.45, 2.75) is 12.7 Å². The molecule has 1 fully saturated rings. The molecular weight excluding hydrogens is 312 g/mol. The number of hydrogen-bond acceptors (Lipinski definition) is 4. The number of carbonyl (C=O) groups excluding carboxylic acids is 1. The zero-order valence-corrected chi connectivity index (χ0v) is 11.7. The van der Waals surface area contributed by atoms with Gasteiger partial charge in [0.15, 0.2) is 0 Å². The average molecular weight is 325 g/mol. The maximum atomic E-state index is 11.9. The minimum atomic E-state index is -0.311. The summed E-state index contributed by atoms with van der Waals surface area (Å²) in [6.07, 6.45) is -0.381. The number of nitrogens with one attached hydrogen (secondary N) is 1. The van der Waals surface area contributed by atoms with Crippen LogP contribution in [0.15, 0.2) is 40.5 Å². The van der Waals surface area contributed by atoms with Gasteiger partial charge in [-0.25, -0.2) is 4.79 Å². The van der Waals surface area contributed by atoms with Crippen LogP contribution in [0.1, 0.15) is 5.56 Å². The van der Waals surface area contributed by atoms with Gasteiger partial charge in [0.2, 0.25) is 0 Å². The third-order valence-electron chi connectivity index (χ3n) is 3.17. The number of fused-ring (bicyclic) bond motifs is 1. The quantitative estimate of drug-likeness (QED) is 0.847. The number of benzene rings is 1. The fourth-order valence-corrected chi connectivity index (χ4v) is 2.61. The van der Waals surface area contributed by atoms with E-state index in [2.05, 4.69) is 21.4 Å². The largest absolute Gasteiger partial charge is 0.445 e. The molecule has 2 aliphatic rings. The van der Waals surface area contributed by atoms with Crippen LogP contribution in [0.4, 0.5) is 4.79 Å². The summed E-state index contributed by atoms with van der Waals surface area (Å²) in [5.41, 5.74) is 4.79. The van der Waals surface area contributed by atoms with E-state index in [4.69, 9.17) is 9.57 Å². The first-order valence-electron chi connectivity index (χ1n) is 6.00. The maximum absolute atomic E-state index is 11.9. The summed E-state index contributed by atoms with van der Waals surface area (Å²) in [6.45, 7) is 1.34. The first-order valence-corrected chi connectivity index (χ1v) is 6.79. The van der Waals surface area contributed by atoms with Gasteiger partial charge in [-0.05, 0) is 21.5 Å². The van der Waals surface area contributed by atoms with E-state index < -0.39 is 0 Å². The molecule has 3 rings (SSSR count). The van der Waals surface area contributed by atoms with Crippen molar-refractivity contribution in [1.82, 2.24) is 10.4 Å². The van der Waals surface area contributed by atoms with E-state index in [-0.39, 0.29) is 12.2 Å². The Kier molecular flexibility index (Phi) is 3.44. The van der Waals surface area contributed by atoms with Crippen molar-refractivity contribution in [3.8, 4) is 0 Å². The molecule has 1 atom stereocenters. The van der Waals surface area contributed by atoms with E-state index in [1.54, 1.807) is 4.90 Å². The Hall–Kier alpha value is -1.53. The predicted molar refractivity (Wildman–Crippen MR) is 72.2 cm³/mol. The molecule has 1 amide bonds. The lowest BCUT2D eigenvalue weighted by Crippen LogP contribution is -2.31. The van der Waals surface area contributed by atoms with Gasteiger partial charge in [0, 0.05) is 5.57 Å². The molecule has 6 heteroatoms. The van der Waals surface area contributed by atoms with Crippen molar-refractivity contribution in [3.63, 3.8) is 0 Å². The van der Waals surface area contributed by atoms with E-state index in [1.807, 2.05) is 30.3 Å². The molecule has 1 saturated heterocycles. The molecule has 2 heterocycles. The third-order valence-corrected chi connectivity index (χ3v) is 3.84. The molecule has 0 aromatic heterocycles. The molecular formula is C13H13BrN2O3. The summed E-state index contributed by atoms with van der Waals surface area (Å²) in [7, 11) is 0. The number of hydroxylamine groups is 1. The van der Waals surface area contributed by atoms with Crippen molar-refractivity contribution >= 4 is 22.0 Å². The van der Waals surface area contributed by atoms with Gasteiger partial charge in [0.1, 0.15) is 17.3 Å². The molecule has 0 radical (unpaired) electrons. The second-order valence-corrected chi connectivity index (χ2v) is 5.26. The van der Waals surface area contributed by atoms with Gasteiger partial charge in [-0.3, -0.25) is 10.3 Å². The number of ether oxygens (including phenoxy) is 1. The minimum absolute atomic E-state index is 0.0707. The van der Waals surface area contributed by atoms with Crippen molar-refractivity contribution in [1.29, 1.82) is 0 Å². The van der Waals surface area contributed by atoms with Crippen LogP contribution in [0, 0.1) is 0 Å². The summed E-state index contributed by atoms with van der Waals surface area (Å²) >= 11 is 3.36. The van der Waals surface area contributed by atoms with E-state index in [0.29, 0.717) is 19.7 Å². The first kappa shape index (κ1) is 12.5. The summed E-state index contributed by atoms with van der Waals surface area (Å²) < 4.78 is 6.10. The molecule has 1 aromatic rings. The Morgan fingerprint density at radius 1 is 1.47 bits per heavy atom. The highest BCUT2D eigenvalue weighted by molar-refractivity contribution is 9.11. The highest BCUT2D eigenvalue weighted by Gasteiger charge is 2.37. The number of hydrogen-bond donors (Lipinski definition) is 1. The van der Waals surface area contributed by atoms with E-state index >= 15 is 0 Å². The van der Waals surface area contributed by atoms with Crippen LogP contribution in [0.25, 0.3) is 0 Å². The molecule has 5 nitrogen and oxygen atoms in total. The lowest BCUT2D eigenvalue weighted by atomic mass is 10.2. The van der Waals surface area contributed by atoms with Gasteiger partial charge in [-0.15, -0.1) is 0 Å². The Balaban J connectivity index is 1.56. The van der Waals surface area contributed by atoms with Crippen LogP contribution >= 0.6 is 15.9 Å². The number of likely N-dealkylation sites (tertiary alicyclic amines) is 1. The monoisotopic (exact) mass is 324 g/mol. The van der Waals surface area contributed by atoms with Gasteiger partial charge in [0.05, 0.1) is 13.1 Å². The molecule has 1 N–H and O–H groups in total. The SMILES string of the molecule is O=C(OCc1ccccc1)N1CC2=C(Br)NOC2C1. The van der Waals surface area contributed by atoms with Crippen molar-refractivity contribution in [2.24, 2.45) is 0 Å². The Bertz CT molecular complexity index is 518. The summed E-state index contributed by atoms with van der Waals surface area (Å²) in [5, 5.41) is 0. The maximum Gasteiger partial charge on any atom is 0.410 e.